The van der Waals surface area contributed by atoms with Gasteiger partial charge in [-0.2, -0.15) is 0 Å². The van der Waals surface area contributed by atoms with Crippen LogP contribution in [0.5, 0.6) is 0 Å². The van der Waals surface area contributed by atoms with Gasteiger partial charge < -0.3 is 0 Å². The van der Waals surface area contributed by atoms with Crippen molar-refractivity contribution in [2.45, 2.75) is 12.1 Å². The maximum Gasteiger partial charge on any atom is 0.0881 e. The Labute approximate surface area is 121 Å². The minimum atomic E-state index is 0.385. The molecule has 1 fully saturated rings. The van der Waals surface area contributed by atoms with Crippen molar-refractivity contribution in [3.05, 3.63) is 71.8 Å². The highest BCUT2D eigenvalue weighted by Gasteiger charge is 2.31. The Hall–Kier alpha value is -1.64. The van der Waals surface area contributed by atoms with E-state index in [0.717, 1.165) is 13.1 Å². The van der Waals surface area contributed by atoms with Crippen LogP contribution >= 0.6 is 0 Å². The average Bonchev–Trinajstić information content (AvgIpc) is 2.48. The number of hydrogen-bond donors (Lipinski definition) is 0. The first-order valence-corrected chi connectivity index (χ1v) is 7.26. The van der Waals surface area contributed by atoms with Crippen molar-refractivity contribution in [3.8, 4) is 0 Å². The van der Waals surface area contributed by atoms with E-state index in [-0.39, 0.29) is 0 Å². The van der Waals surface area contributed by atoms with Crippen LogP contribution in [0.25, 0.3) is 0 Å². The minimum absolute atomic E-state index is 0.385. The van der Waals surface area contributed by atoms with Crippen molar-refractivity contribution in [1.82, 2.24) is 9.80 Å². The van der Waals surface area contributed by atoms with Gasteiger partial charge in [-0.25, -0.2) is 0 Å². The van der Waals surface area contributed by atoms with Crippen LogP contribution in [-0.4, -0.2) is 37.0 Å². The molecule has 0 atom stereocenters. The summed E-state index contributed by atoms with van der Waals surface area (Å²) in [4.78, 5) is 4.91. The number of benzene rings is 2. The van der Waals surface area contributed by atoms with Gasteiger partial charge in [-0.05, 0) is 25.2 Å². The van der Waals surface area contributed by atoms with Gasteiger partial charge in [0.1, 0.15) is 0 Å². The van der Waals surface area contributed by atoms with Crippen LogP contribution in [0.2, 0.25) is 0 Å². The molecule has 0 aliphatic carbocycles. The number of hydrogen-bond acceptors (Lipinski definition) is 2. The molecule has 0 amide bonds. The SMILES string of the molecule is CN1CC(c2ccccc2)CN(C)C1c1ccccc1. The molecular weight excluding hydrogens is 244 g/mol. The lowest BCUT2D eigenvalue weighted by molar-refractivity contribution is 0.0283. The molecule has 1 aliphatic heterocycles. The molecule has 2 aromatic rings. The lowest BCUT2D eigenvalue weighted by Crippen LogP contribution is -2.47. The largest absolute Gasteiger partial charge is 0.287 e. The van der Waals surface area contributed by atoms with Crippen molar-refractivity contribution >= 4 is 0 Å². The van der Waals surface area contributed by atoms with E-state index in [1.807, 2.05) is 0 Å². The summed E-state index contributed by atoms with van der Waals surface area (Å²) in [5, 5.41) is 0. The van der Waals surface area contributed by atoms with Crippen LogP contribution in [0, 0.1) is 0 Å². The maximum atomic E-state index is 2.45. The van der Waals surface area contributed by atoms with Crippen LogP contribution in [0.4, 0.5) is 0 Å². The molecule has 20 heavy (non-hydrogen) atoms. The van der Waals surface area contributed by atoms with Gasteiger partial charge in [0.05, 0.1) is 6.17 Å². The standard InChI is InChI=1S/C18H22N2/c1-19-13-17(15-9-5-3-6-10-15)14-20(2)18(19)16-11-7-4-8-12-16/h3-12,17-18H,13-14H2,1-2H3. The fourth-order valence-corrected chi connectivity index (χ4v) is 3.36. The van der Waals surface area contributed by atoms with Crippen LogP contribution in [0.15, 0.2) is 60.7 Å². The molecular formula is C18H22N2. The van der Waals surface area contributed by atoms with E-state index < -0.39 is 0 Å². The van der Waals surface area contributed by atoms with Crippen molar-refractivity contribution in [2.24, 2.45) is 0 Å². The lowest BCUT2D eigenvalue weighted by atomic mass is 9.94. The third-order valence-electron chi connectivity index (χ3n) is 4.22. The van der Waals surface area contributed by atoms with Crippen molar-refractivity contribution in [3.63, 3.8) is 0 Å². The smallest absolute Gasteiger partial charge is 0.0881 e. The topological polar surface area (TPSA) is 6.48 Å². The van der Waals surface area contributed by atoms with Crippen LogP contribution in [0.3, 0.4) is 0 Å². The van der Waals surface area contributed by atoms with Crippen molar-refractivity contribution in [2.75, 3.05) is 27.2 Å². The summed E-state index contributed by atoms with van der Waals surface area (Å²) in [6.45, 7) is 2.21. The number of nitrogens with zero attached hydrogens (tertiary/aromatic N) is 2. The third-order valence-corrected chi connectivity index (χ3v) is 4.22. The Bertz CT molecular complexity index is 526. The highest BCUT2D eigenvalue weighted by molar-refractivity contribution is 5.24. The van der Waals surface area contributed by atoms with Gasteiger partial charge in [-0.15, -0.1) is 0 Å². The summed E-state index contributed by atoms with van der Waals surface area (Å²) in [5.74, 6) is 0.589. The molecule has 0 spiro atoms. The second kappa shape index (κ2) is 5.78. The van der Waals surface area contributed by atoms with E-state index in [0.29, 0.717) is 12.1 Å². The number of likely N-dealkylation sites (N-methyl/N-ethyl adjacent to an activating group) is 2. The van der Waals surface area contributed by atoms with Gasteiger partial charge in [0, 0.05) is 19.0 Å². The van der Waals surface area contributed by atoms with E-state index in [4.69, 9.17) is 0 Å². The second-order valence-corrected chi connectivity index (χ2v) is 5.77. The minimum Gasteiger partial charge on any atom is -0.287 e. The predicted octanol–water partition coefficient (Wildman–Crippen LogP) is 3.35. The van der Waals surface area contributed by atoms with Gasteiger partial charge in [-0.1, -0.05) is 60.7 Å². The average molecular weight is 266 g/mol. The first-order chi connectivity index (χ1) is 9.75. The Morgan fingerprint density at radius 1 is 0.700 bits per heavy atom. The molecule has 2 aromatic carbocycles. The van der Waals surface area contributed by atoms with E-state index in [9.17, 15) is 0 Å². The quantitative estimate of drug-likeness (QED) is 0.822. The summed E-state index contributed by atoms with van der Waals surface area (Å²) in [6.07, 6.45) is 0.385. The van der Waals surface area contributed by atoms with Gasteiger partial charge in [-0.3, -0.25) is 9.80 Å². The second-order valence-electron chi connectivity index (χ2n) is 5.77. The molecule has 2 heteroatoms. The molecule has 0 aromatic heterocycles. The van der Waals surface area contributed by atoms with Crippen LogP contribution < -0.4 is 0 Å². The summed E-state index contributed by atoms with van der Waals surface area (Å²) >= 11 is 0. The molecule has 1 aliphatic rings. The molecule has 104 valence electrons. The zero-order valence-corrected chi connectivity index (χ0v) is 12.2. The Kier molecular flexibility index (Phi) is 3.86. The van der Waals surface area contributed by atoms with Gasteiger partial charge in [0.15, 0.2) is 0 Å². The zero-order chi connectivity index (χ0) is 13.9. The van der Waals surface area contributed by atoms with E-state index in [1.165, 1.54) is 11.1 Å². The Balaban J connectivity index is 1.80. The molecule has 1 saturated heterocycles. The van der Waals surface area contributed by atoms with Crippen molar-refractivity contribution in [1.29, 1.82) is 0 Å². The van der Waals surface area contributed by atoms with Gasteiger partial charge in [0.2, 0.25) is 0 Å². The molecule has 0 bridgehead atoms. The summed E-state index contributed by atoms with van der Waals surface area (Å²) in [6, 6.07) is 21.6. The first-order valence-electron chi connectivity index (χ1n) is 7.26. The molecule has 0 unspecified atom stereocenters. The van der Waals surface area contributed by atoms with Crippen molar-refractivity contribution < 1.29 is 0 Å². The van der Waals surface area contributed by atoms with Crippen LogP contribution in [0.1, 0.15) is 23.2 Å². The molecule has 0 radical (unpaired) electrons. The third kappa shape index (κ3) is 2.62. The highest BCUT2D eigenvalue weighted by Crippen LogP contribution is 2.32. The fourth-order valence-electron chi connectivity index (χ4n) is 3.36. The van der Waals surface area contributed by atoms with Gasteiger partial charge in [0.25, 0.3) is 0 Å². The summed E-state index contributed by atoms with van der Waals surface area (Å²) < 4.78 is 0. The molecule has 3 rings (SSSR count). The Morgan fingerprint density at radius 2 is 1.15 bits per heavy atom. The summed E-state index contributed by atoms with van der Waals surface area (Å²) in [7, 11) is 4.45. The Morgan fingerprint density at radius 3 is 1.65 bits per heavy atom. The molecule has 0 N–H and O–H groups in total. The molecule has 1 heterocycles. The van der Waals surface area contributed by atoms with Crippen LogP contribution in [-0.2, 0) is 0 Å². The zero-order valence-electron chi connectivity index (χ0n) is 12.2. The monoisotopic (exact) mass is 266 g/mol. The van der Waals surface area contributed by atoms with E-state index in [2.05, 4.69) is 84.6 Å². The van der Waals surface area contributed by atoms with E-state index in [1.54, 1.807) is 0 Å². The fraction of sp³-hybridized carbons (Fsp3) is 0.333. The first kappa shape index (κ1) is 13.3. The summed E-state index contributed by atoms with van der Waals surface area (Å²) in [5.41, 5.74) is 2.82. The molecule has 2 nitrogen and oxygen atoms in total. The lowest BCUT2D eigenvalue weighted by Gasteiger charge is -2.44. The van der Waals surface area contributed by atoms with Gasteiger partial charge >= 0.3 is 0 Å². The predicted molar refractivity (Wildman–Crippen MR) is 83.6 cm³/mol. The number of rotatable bonds is 2. The maximum absolute atomic E-state index is 2.45. The highest BCUT2D eigenvalue weighted by atomic mass is 15.4. The normalized spacial score (nSPS) is 24.7. The molecule has 0 saturated carbocycles. The van der Waals surface area contributed by atoms with E-state index >= 15 is 0 Å².